The van der Waals surface area contributed by atoms with Crippen LogP contribution in [0.3, 0.4) is 0 Å². The standard InChI is InChI=1S/C22H29O7.3C4H9.Sn/c1-17-11-21(28-15-24-3)20(9-10-26-14-23-2)22(12-17)29-16-27-13-18-5-7-19(25-4)8-6-18;3*1-3-4-2;/h5-8,10-12H,9,13-16H2,1-4H3;3*1,3-4H2,2H3;. The molecule has 0 aliphatic carbocycles. The van der Waals surface area contributed by atoms with Crippen LogP contribution in [0.5, 0.6) is 17.2 Å². The molecular formula is C34H56O7Sn. The second-order valence-corrected chi connectivity index (χ2v) is 25.1. The van der Waals surface area contributed by atoms with Gasteiger partial charge >= 0.3 is 248 Å². The molecule has 0 bridgehead atoms. The van der Waals surface area contributed by atoms with Gasteiger partial charge in [0.05, 0.1) is 7.11 Å². The first-order valence-corrected chi connectivity index (χ1v) is 23.4. The first kappa shape index (κ1) is 36.7. The molecule has 0 aromatic heterocycles. The summed E-state index contributed by atoms with van der Waals surface area (Å²) < 4.78 is 45.3. The van der Waals surface area contributed by atoms with E-state index in [1.807, 2.05) is 24.3 Å². The van der Waals surface area contributed by atoms with Gasteiger partial charge in [0.15, 0.2) is 0 Å². The molecule has 0 saturated heterocycles. The topological polar surface area (TPSA) is 64.6 Å². The SMILES string of the molecule is CCC[CH2][Sn]([CH2]CCC)([CH2]CCC)[CH](Cc1c(OCOC)cc(C)cc1OCOCc1ccc(OC)cc1)OCOC. The maximum absolute atomic E-state index is 6.69. The summed E-state index contributed by atoms with van der Waals surface area (Å²) in [5.41, 5.74) is 3.14. The Balaban J connectivity index is 2.41. The Bertz CT molecular complexity index is 961. The van der Waals surface area contributed by atoms with Crippen LogP contribution in [0.15, 0.2) is 36.4 Å². The fourth-order valence-electron chi connectivity index (χ4n) is 5.55. The Morgan fingerprint density at radius 1 is 0.714 bits per heavy atom. The van der Waals surface area contributed by atoms with Gasteiger partial charge in [-0.3, -0.25) is 0 Å². The number of benzene rings is 2. The zero-order chi connectivity index (χ0) is 30.6. The molecule has 42 heavy (non-hydrogen) atoms. The van der Waals surface area contributed by atoms with Crippen LogP contribution in [-0.2, 0) is 32.0 Å². The molecule has 7 nitrogen and oxygen atoms in total. The van der Waals surface area contributed by atoms with Crippen molar-refractivity contribution in [1.82, 2.24) is 0 Å². The third-order valence-electron chi connectivity index (χ3n) is 7.91. The van der Waals surface area contributed by atoms with E-state index < -0.39 is 18.4 Å². The quantitative estimate of drug-likeness (QED) is 0.0621. The Morgan fingerprint density at radius 3 is 1.76 bits per heavy atom. The van der Waals surface area contributed by atoms with Crippen molar-refractivity contribution in [3.8, 4) is 17.2 Å². The van der Waals surface area contributed by atoms with Gasteiger partial charge in [-0.05, 0) is 0 Å². The van der Waals surface area contributed by atoms with E-state index in [2.05, 4.69) is 39.8 Å². The van der Waals surface area contributed by atoms with Crippen LogP contribution in [0.2, 0.25) is 13.3 Å². The Hall–Kier alpha value is -1.52. The summed E-state index contributed by atoms with van der Waals surface area (Å²) in [5.74, 6) is 2.39. The number of aryl methyl sites for hydroxylation is 1. The molecule has 2 aromatic carbocycles. The summed E-state index contributed by atoms with van der Waals surface area (Å²) in [6.45, 7) is 10.0. The molecule has 2 rings (SSSR count). The fourth-order valence-corrected chi connectivity index (χ4v) is 22.5. The number of methoxy groups -OCH3 is 3. The predicted molar refractivity (Wildman–Crippen MR) is 172 cm³/mol. The molecule has 2 aromatic rings. The normalized spacial score (nSPS) is 12.4. The first-order chi connectivity index (χ1) is 20.5. The molecule has 0 radical (unpaired) electrons. The summed E-state index contributed by atoms with van der Waals surface area (Å²) in [4.78, 5) is 0. The zero-order valence-electron chi connectivity index (χ0n) is 27.3. The van der Waals surface area contributed by atoms with Crippen molar-refractivity contribution in [2.45, 2.75) is 96.7 Å². The molecule has 0 N–H and O–H groups in total. The van der Waals surface area contributed by atoms with E-state index in [4.69, 9.17) is 33.2 Å². The summed E-state index contributed by atoms with van der Waals surface area (Å²) in [7, 11) is 5.03. The Morgan fingerprint density at radius 2 is 1.26 bits per heavy atom. The second-order valence-electron chi connectivity index (χ2n) is 11.2. The minimum atomic E-state index is -2.85. The van der Waals surface area contributed by atoms with Crippen molar-refractivity contribution in [3.63, 3.8) is 0 Å². The van der Waals surface area contributed by atoms with E-state index in [0.717, 1.165) is 40.4 Å². The fraction of sp³-hybridized carbons (Fsp3) is 0.647. The van der Waals surface area contributed by atoms with Crippen LogP contribution >= 0.6 is 0 Å². The molecule has 0 amide bonds. The van der Waals surface area contributed by atoms with Gasteiger partial charge in [0.25, 0.3) is 0 Å². The minimum absolute atomic E-state index is 0.131. The van der Waals surface area contributed by atoms with Gasteiger partial charge in [-0.2, -0.15) is 0 Å². The van der Waals surface area contributed by atoms with Crippen LogP contribution in [0.1, 0.15) is 76.0 Å². The van der Waals surface area contributed by atoms with Crippen LogP contribution in [0.4, 0.5) is 0 Å². The maximum atomic E-state index is 6.69. The van der Waals surface area contributed by atoms with E-state index in [1.165, 1.54) is 51.8 Å². The Labute approximate surface area is 259 Å². The van der Waals surface area contributed by atoms with Gasteiger partial charge in [0, 0.05) is 0 Å². The Kier molecular flexibility index (Phi) is 18.5. The van der Waals surface area contributed by atoms with Gasteiger partial charge in [0.2, 0.25) is 0 Å². The monoisotopic (exact) mass is 696 g/mol. The van der Waals surface area contributed by atoms with Crippen molar-refractivity contribution < 1.29 is 33.2 Å². The molecule has 0 saturated carbocycles. The molecular weight excluding hydrogens is 639 g/mol. The van der Waals surface area contributed by atoms with Crippen molar-refractivity contribution in [1.29, 1.82) is 0 Å². The van der Waals surface area contributed by atoms with E-state index in [1.54, 1.807) is 21.3 Å². The zero-order valence-corrected chi connectivity index (χ0v) is 30.2. The molecule has 0 aliphatic heterocycles. The third-order valence-corrected chi connectivity index (χ3v) is 24.4. The van der Waals surface area contributed by atoms with Gasteiger partial charge in [-0.25, -0.2) is 0 Å². The van der Waals surface area contributed by atoms with Crippen LogP contribution in [0, 0.1) is 6.92 Å². The third kappa shape index (κ3) is 12.2. The van der Waals surface area contributed by atoms with E-state index >= 15 is 0 Å². The van der Waals surface area contributed by atoms with Gasteiger partial charge in [0.1, 0.15) is 0 Å². The van der Waals surface area contributed by atoms with Gasteiger partial charge in [-0.15, -0.1) is 0 Å². The predicted octanol–water partition coefficient (Wildman–Crippen LogP) is 8.46. The molecule has 238 valence electrons. The van der Waals surface area contributed by atoms with Crippen molar-refractivity contribution >= 4 is 18.4 Å². The first-order valence-electron chi connectivity index (χ1n) is 15.7. The number of hydrogen-bond donors (Lipinski definition) is 0. The molecule has 1 atom stereocenters. The van der Waals surface area contributed by atoms with Crippen LogP contribution in [0.25, 0.3) is 0 Å². The average molecular weight is 696 g/mol. The van der Waals surface area contributed by atoms with Crippen molar-refractivity contribution in [2.24, 2.45) is 0 Å². The molecule has 8 heteroatoms. The van der Waals surface area contributed by atoms with E-state index in [9.17, 15) is 0 Å². The van der Waals surface area contributed by atoms with E-state index in [0.29, 0.717) is 13.4 Å². The summed E-state index contributed by atoms with van der Waals surface area (Å²) in [5, 5.41) is 0. The number of hydrogen-bond acceptors (Lipinski definition) is 7. The molecule has 0 heterocycles. The molecule has 0 fully saturated rings. The molecule has 0 spiro atoms. The molecule has 0 aliphatic rings. The summed E-state index contributed by atoms with van der Waals surface area (Å²) in [6.07, 6.45) is 8.16. The van der Waals surface area contributed by atoms with Crippen LogP contribution < -0.4 is 14.2 Å². The summed E-state index contributed by atoms with van der Waals surface area (Å²) in [6, 6.07) is 12.0. The average Bonchev–Trinajstić information content (AvgIpc) is 3.01. The number of ether oxygens (including phenoxy) is 7. The molecule has 1 unspecified atom stereocenters. The number of unbranched alkanes of at least 4 members (excludes halogenated alkanes) is 3. The van der Waals surface area contributed by atoms with Crippen LogP contribution in [-0.4, -0.2) is 64.2 Å². The second kappa shape index (κ2) is 21.2. The van der Waals surface area contributed by atoms with E-state index in [-0.39, 0.29) is 17.7 Å². The van der Waals surface area contributed by atoms with Gasteiger partial charge < -0.3 is 4.74 Å². The number of rotatable bonds is 24. The van der Waals surface area contributed by atoms with Crippen molar-refractivity contribution in [2.75, 3.05) is 41.7 Å². The van der Waals surface area contributed by atoms with Crippen molar-refractivity contribution in [3.05, 3.63) is 53.1 Å². The summed E-state index contributed by atoms with van der Waals surface area (Å²) >= 11 is -2.85. The van der Waals surface area contributed by atoms with Gasteiger partial charge in [-0.1, -0.05) is 0 Å².